The zero-order chi connectivity index (χ0) is 17.9. The first-order valence-electron chi connectivity index (χ1n) is 7.83. The van der Waals surface area contributed by atoms with Crippen LogP contribution in [0.2, 0.25) is 0 Å². The van der Waals surface area contributed by atoms with Gasteiger partial charge in [-0.1, -0.05) is 30.0 Å². The minimum Gasteiger partial charge on any atom is -0.461 e. The van der Waals surface area contributed by atoms with Crippen molar-refractivity contribution in [2.75, 3.05) is 5.75 Å². The van der Waals surface area contributed by atoms with Gasteiger partial charge in [0, 0.05) is 5.69 Å². The summed E-state index contributed by atoms with van der Waals surface area (Å²) in [5.74, 6) is 1.06. The molecule has 0 saturated heterocycles. The molecular formula is C18H19N3O3S. The quantitative estimate of drug-likeness (QED) is 0.508. The fourth-order valence-corrected chi connectivity index (χ4v) is 2.96. The summed E-state index contributed by atoms with van der Waals surface area (Å²) in [6, 6.07) is 13.3. The van der Waals surface area contributed by atoms with Gasteiger partial charge in [-0.05, 0) is 45.0 Å². The number of hydrogen-bond acceptors (Lipinski definition) is 6. The van der Waals surface area contributed by atoms with Crippen LogP contribution in [0.4, 0.5) is 0 Å². The van der Waals surface area contributed by atoms with Crippen molar-refractivity contribution in [1.29, 1.82) is 0 Å². The second kappa shape index (κ2) is 7.14. The molecule has 2 heterocycles. The van der Waals surface area contributed by atoms with Gasteiger partial charge in [-0.2, -0.15) is 0 Å². The van der Waals surface area contributed by atoms with E-state index in [2.05, 4.69) is 10.2 Å². The highest BCUT2D eigenvalue weighted by atomic mass is 32.2. The van der Waals surface area contributed by atoms with Crippen molar-refractivity contribution in [1.82, 2.24) is 14.8 Å². The molecule has 0 atom stereocenters. The summed E-state index contributed by atoms with van der Waals surface area (Å²) in [5.41, 5.74) is 0.384. The smallest absolute Gasteiger partial charge is 0.316 e. The van der Waals surface area contributed by atoms with Gasteiger partial charge < -0.3 is 9.15 Å². The highest BCUT2D eigenvalue weighted by Gasteiger charge is 2.21. The number of carbonyl (C=O) groups is 1. The molecule has 0 aliphatic rings. The number of hydrogen-bond donors (Lipinski definition) is 0. The van der Waals surface area contributed by atoms with Gasteiger partial charge in [-0.3, -0.25) is 9.36 Å². The maximum absolute atomic E-state index is 12.0. The van der Waals surface area contributed by atoms with Crippen molar-refractivity contribution in [3.05, 3.63) is 48.7 Å². The van der Waals surface area contributed by atoms with Crippen LogP contribution >= 0.6 is 11.8 Å². The van der Waals surface area contributed by atoms with E-state index >= 15 is 0 Å². The Balaban J connectivity index is 1.88. The summed E-state index contributed by atoms with van der Waals surface area (Å²) in [6.45, 7) is 5.53. The first-order chi connectivity index (χ1) is 11.9. The normalized spacial score (nSPS) is 11.5. The van der Waals surface area contributed by atoms with E-state index in [0.717, 1.165) is 5.69 Å². The summed E-state index contributed by atoms with van der Waals surface area (Å²) in [7, 11) is 0. The maximum Gasteiger partial charge on any atom is 0.316 e. The lowest BCUT2D eigenvalue weighted by Gasteiger charge is -2.19. The van der Waals surface area contributed by atoms with Crippen molar-refractivity contribution in [3.63, 3.8) is 0 Å². The summed E-state index contributed by atoms with van der Waals surface area (Å²) < 4.78 is 12.7. The molecule has 0 aliphatic heterocycles. The Hall–Kier alpha value is -2.54. The number of aromatic nitrogens is 3. The molecule has 2 aromatic heterocycles. The van der Waals surface area contributed by atoms with E-state index in [1.165, 1.54) is 11.8 Å². The summed E-state index contributed by atoms with van der Waals surface area (Å²) in [4.78, 5) is 12.0. The number of ether oxygens (including phenoxy) is 1. The highest BCUT2D eigenvalue weighted by Crippen LogP contribution is 2.28. The second-order valence-corrected chi connectivity index (χ2v) is 7.27. The van der Waals surface area contributed by atoms with E-state index in [1.807, 2.05) is 61.7 Å². The zero-order valence-electron chi connectivity index (χ0n) is 14.3. The molecule has 0 saturated carbocycles. The number of para-hydroxylation sites is 1. The molecule has 0 N–H and O–H groups in total. The van der Waals surface area contributed by atoms with Crippen molar-refractivity contribution in [2.45, 2.75) is 31.5 Å². The van der Waals surface area contributed by atoms with E-state index in [-0.39, 0.29) is 11.7 Å². The molecule has 3 aromatic rings. The summed E-state index contributed by atoms with van der Waals surface area (Å²) >= 11 is 1.28. The predicted molar refractivity (Wildman–Crippen MR) is 95.6 cm³/mol. The highest BCUT2D eigenvalue weighted by molar-refractivity contribution is 7.99. The molecule has 1 aromatic carbocycles. The molecule has 6 nitrogen and oxygen atoms in total. The Morgan fingerprint density at radius 3 is 2.56 bits per heavy atom. The molecule has 130 valence electrons. The number of carbonyl (C=O) groups excluding carboxylic acids is 1. The van der Waals surface area contributed by atoms with Gasteiger partial charge in [0.1, 0.15) is 5.60 Å². The van der Waals surface area contributed by atoms with Gasteiger partial charge in [0.25, 0.3) is 0 Å². The van der Waals surface area contributed by atoms with Crippen LogP contribution in [0.3, 0.4) is 0 Å². The van der Waals surface area contributed by atoms with E-state index in [4.69, 9.17) is 9.15 Å². The number of thioether (sulfide) groups is 1. The number of nitrogens with zero attached hydrogens (tertiary/aromatic N) is 3. The first-order valence-corrected chi connectivity index (χ1v) is 8.82. The number of rotatable bonds is 5. The van der Waals surface area contributed by atoms with Crippen LogP contribution in [-0.4, -0.2) is 32.1 Å². The zero-order valence-corrected chi connectivity index (χ0v) is 15.1. The predicted octanol–water partition coefficient (Wildman–Crippen LogP) is 3.96. The van der Waals surface area contributed by atoms with Crippen LogP contribution in [-0.2, 0) is 9.53 Å². The van der Waals surface area contributed by atoms with Crippen LogP contribution in [0, 0.1) is 0 Å². The molecule has 0 bridgehead atoms. The molecule has 0 unspecified atom stereocenters. The Morgan fingerprint density at radius 1 is 1.16 bits per heavy atom. The molecule has 0 fully saturated rings. The number of benzene rings is 1. The minimum absolute atomic E-state index is 0.153. The fourth-order valence-electron chi connectivity index (χ4n) is 2.23. The van der Waals surface area contributed by atoms with E-state index in [1.54, 1.807) is 12.3 Å². The Morgan fingerprint density at radius 2 is 1.92 bits per heavy atom. The van der Waals surface area contributed by atoms with Crippen molar-refractivity contribution >= 4 is 17.7 Å². The molecule has 25 heavy (non-hydrogen) atoms. The maximum atomic E-state index is 12.0. The fraction of sp³-hybridized carbons (Fsp3) is 0.278. The van der Waals surface area contributed by atoms with E-state index in [0.29, 0.717) is 16.7 Å². The molecule has 0 amide bonds. The lowest BCUT2D eigenvalue weighted by Crippen LogP contribution is -2.25. The Kier molecular flexibility index (Phi) is 4.94. The van der Waals surface area contributed by atoms with Gasteiger partial charge >= 0.3 is 5.97 Å². The molecule has 0 aliphatic carbocycles. The molecule has 0 spiro atoms. The third kappa shape index (κ3) is 4.30. The molecule has 0 radical (unpaired) electrons. The lowest BCUT2D eigenvalue weighted by atomic mass is 10.2. The average Bonchev–Trinajstić information content (AvgIpc) is 3.21. The lowest BCUT2D eigenvalue weighted by molar-refractivity contribution is -0.151. The standard InChI is InChI=1S/C18H19N3O3S/c1-18(2,3)24-15(22)12-25-17-20-19-16(14-10-7-11-23-14)21(17)13-8-5-4-6-9-13/h4-11H,12H2,1-3H3. The van der Waals surface area contributed by atoms with Crippen LogP contribution in [0.25, 0.3) is 17.3 Å². The van der Waals surface area contributed by atoms with Crippen molar-refractivity contribution < 1.29 is 13.9 Å². The number of furan rings is 1. The average molecular weight is 357 g/mol. The molecular weight excluding hydrogens is 338 g/mol. The Bertz CT molecular complexity index is 836. The minimum atomic E-state index is -0.510. The van der Waals surface area contributed by atoms with E-state index in [9.17, 15) is 4.79 Å². The topological polar surface area (TPSA) is 70.2 Å². The van der Waals surface area contributed by atoms with E-state index < -0.39 is 5.60 Å². The van der Waals surface area contributed by atoms with Crippen LogP contribution in [0.1, 0.15) is 20.8 Å². The number of esters is 1. The van der Waals surface area contributed by atoms with Crippen molar-refractivity contribution in [3.8, 4) is 17.3 Å². The molecule has 3 rings (SSSR count). The van der Waals surface area contributed by atoms with Gasteiger partial charge in [0.2, 0.25) is 5.82 Å². The SMILES string of the molecule is CC(C)(C)OC(=O)CSc1nnc(-c2ccco2)n1-c1ccccc1. The molecule has 7 heteroatoms. The van der Waals surface area contributed by atoms with Crippen LogP contribution < -0.4 is 0 Å². The van der Waals surface area contributed by atoms with Gasteiger partial charge in [0.05, 0.1) is 12.0 Å². The third-order valence-corrected chi connectivity index (χ3v) is 4.03. The monoisotopic (exact) mass is 357 g/mol. The van der Waals surface area contributed by atoms with Gasteiger partial charge in [0.15, 0.2) is 10.9 Å². The largest absolute Gasteiger partial charge is 0.461 e. The summed E-state index contributed by atoms with van der Waals surface area (Å²) in [6.07, 6.45) is 1.59. The van der Waals surface area contributed by atoms with Crippen molar-refractivity contribution in [2.24, 2.45) is 0 Å². The van der Waals surface area contributed by atoms with Crippen LogP contribution in [0.5, 0.6) is 0 Å². The van der Waals surface area contributed by atoms with Crippen LogP contribution in [0.15, 0.2) is 58.3 Å². The Labute approximate surface area is 150 Å². The second-order valence-electron chi connectivity index (χ2n) is 6.33. The first kappa shape index (κ1) is 17.3. The van der Waals surface area contributed by atoms with Gasteiger partial charge in [-0.15, -0.1) is 10.2 Å². The third-order valence-electron chi connectivity index (χ3n) is 3.13. The van der Waals surface area contributed by atoms with Gasteiger partial charge in [-0.25, -0.2) is 0 Å². The summed E-state index contributed by atoms with van der Waals surface area (Å²) in [5, 5.41) is 9.06.